The molecule has 1 atom stereocenters. The molecule has 1 aliphatic heterocycles. The highest BCUT2D eigenvalue weighted by Crippen LogP contribution is 2.23. The van der Waals surface area contributed by atoms with Gasteiger partial charge in [-0.2, -0.15) is 0 Å². The number of thioether (sulfide) groups is 1. The van der Waals surface area contributed by atoms with E-state index in [1.54, 1.807) is 18.0 Å². The topological polar surface area (TPSA) is 87.2 Å². The molecule has 1 aromatic rings. The molecule has 1 unspecified atom stereocenters. The molecule has 20 heavy (non-hydrogen) atoms. The van der Waals surface area contributed by atoms with Gasteiger partial charge in [-0.05, 0) is 12.7 Å². The van der Waals surface area contributed by atoms with Gasteiger partial charge in [0.15, 0.2) is 5.16 Å². The van der Waals surface area contributed by atoms with E-state index in [1.165, 1.54) is 11.8 Å². The summed E-state index contributed by atoms with van der Waals surface area (Å²) in [6, 6.07) is 1.36. The summed E-state index contributed by atoms with van der Waals surface area (Å²) >= 11 is 1.41. The van der Waals surface area contributed by atoms with Crippen LogP contribution in [0.4, 0.5) is 11.6 Å². The first-order valence-electron chi connectivity index (χ1n) is 6.30. The maximum Gasteiger partial charge on any atom is 0.249 e. The van der Waals surface area contributed by atoms with E-state index in [4.69, 9.17) is 0 Å². The van der Waals surface area contributed by atoms with E-state index in [-0.39, 0.29) is 24.4 Å². The lowest BCUT2D eigenvalue weighted by molar-refractivity contribution is -0.132. The molecular weight excluding hydrogens is 278 g/mol. The fourth-order valence-corrected chi connectivity index (χ4v) is 2.47. The number of carbonyl (C=O) groups is 2. The van der Waals surface area contributed by atoms with E-state index >= 15 is 0 Å². The number of imide groups is 1. The zero-order valence-electron chi connectivity index (χ0n) is 11.6. The van der Waals surface area contributed by atoms with Crippen LogP contribution in [0.25, 0.3) is 0 Å². The largest absolute Gasteiger partial charge is 0.373 e. The monoisotopic (exact) mass is 295 g/mol. The molecule has 7 nitrogen and oxygen atoms in total. The molecule has 1 fully saturated rings. The molecule has 108 valence electrons. The van der Waals surface area contributed by atoms with Crippen molar-refractivity contribution in [1.82, 2.24) is 15.3 Å². The van der Waals surface area contributed by atoms with Crippen molar-refractivity contribution in [2.24, 2.45) is 0 Å². The fraction of sp³-hybridized carbons (Fsp3) is 0.500. The maximum atomic E-state index is 11.9. The van der Waals surface area contributed by atoms with E-state index in [0.717, 1.165) is 0 Å². The number of piperazine rings is 1. The van der Waals surface area contributed by atoms with Gasteiger partial charge in [-0.15, -0.1) is 0 Å². The number of hydrogen-bond donors (Lipinski definition) is 2. The zero-order valence-corrected chi connectivity index (χ0v) is 12.5. The Kier molecular flexibility index (Phi) is 4.43. The Morgan fingerprint density at radius 2 is 2.25 bits per heavy atom. The van der Waals surface area contributed by atoms with Gasteiger partial charge in [0.1, 0.15) is 17.7 Å². The molecule has 2 N–H and O–H groups in total. The molecule has 0 aliphatic carbocycles. The van der Waals surface area contributed by atoms with E-state index in [2.05, 4.69) is 20.6 Å². The highest BCUT2D eigenvalue weighted by Gasteiger charge is 2.33. The van der Waals surface area contributed by atoms with Crippen molar-refractivity contribution in [2.75, 3.05) is 30.1 Å². The molecule has 0 radical (unpaired) electrons. The number of aromatic nitrogens is 2. The molecule has 1 saturated heterocycles. The molecule has 0 aromatic carbocycles. The van der Waals surface area contributed by atoms with Crippen LogP contribution in [-0.2, 0) is 9.59 Å². The summed E-state index contributed by atoms with van der Waals surface area (Å²) in [7, 11) is 1.77. The molecular formula is C12H17N5O2S. The van der Waals surface area contributed by atoms with Crippen molar-refractivity contribution in [2.45, 2.75) is 24.5 Å². The third-order valence-corrected chi connectivity index (χ3v) is 3.61. The summed E-state index contributed by atoms with van der Waals surface area (Å²) < 4.78 is 0. The van der Waals surface area contributed by atoms with Crippen LogP contribution in [0.1, 0.15) is 13.3 Å². The average molecular weight is 295 g/mol. The van der Waals surface area contributed by atoms with Gasteiger partial charge >= 0.3 is 0 Å². The van der Waals surface area contributed by atoms with Crippen molar-refractivity contribution in [3.05, 3.63) is 6.07 Å². The fourth-order valence-electron chi connectivity index (χ4n) is 2.09. The summed E-state index contributed by atoms with van der Waals surface area (Å²) in [4.78, 5) is 33.9. The lowest BCUT2D eigenvalue weighted by Crippen LogP contribution is -2.58. The average Bonchev–Trinajstić information content (AvgIpc) is 2.45. The first kappa shape index (κ1) is 14.6. The van der Waals surface area contributed by atoms with Gasteiger partial charge in [-0.3, -0.25) is 14.9 Å². The van der Waals surface area contributed by atoms with Crippen molar-refractivity contribution in [3.8, 4) is 0 Å². The molecule has 2 amide bonds. The first-order chi connectivity index (χ1) is 9.58. The third kappa shape index (κ3) is 2.84. The summed E-state index contributed by atoms with van der Waals surface area (Å²) in [6.07, 6.45) is 2.48. The van der Waals surface area contributed by atoms with Crippen LogP contribution in [0.5, 0.6) is 0 Å². The number of amides is 2. The molecule has 0 bridgehead atoms. The quantitative estimate of drug-likeness (QED) is 0.474. The first-order valence-corrected chi connectivity index (χ1v) is 7.52. The number of rotatable bonds is 4. The molecule has 2 rings (SSSR count). The van der Waals surface area contributed by atoms with Gasteiger partial charge in [0, 0.05) is 13.1 Å². The number of nitrogens with zero attached hydrogens (tertiary/aromatic N) is 3. The van der Waals surface area contributed by atoms with Crippen LogP contribution in [0.3, 0.4) is 0 Å². The summed E-state index contributed by atoms with van der Waals surface area (Å²) in [5, 5.41) is 5.91. The molecule has 0 spiro atoms. The molecule has 0 saturated carbocycles. The SMILES string of the molecule is CCC1C(=O)NC(=O)CN1c1cc(NC)nc(SC)n1. The Hall–Kier alpha value is -1.83. The summed E-state index contributed by atoms with van der Waals surface area (Å²) in [5.74, 6) is 0.658. The minimum atomic E-state index is -0.387. The van der Waals surface area contributed by atoms with E-state index < -0.39 is 0 Å². The van der Waals surface area contributed by atoms with Gasteiger partial charge in [0.2, 0.25) is 11.8 Å². The number of carbonyl (C=O) groups excluding carboxylic acids is 2. The van der Waals surface area contributed by atoms with Crippen LogP contribution >= 0.6 is 11.8 Å². The van der Waals surface area contributed by atoms with Gasteiger partial charge in [0.25, 0.3) is 0 Å². The lowest BCUT2D eigenvalue weighted by atomic mass is 10.1. The predicted octanol–water partition coefficient (Wildman–Crippen LogP) is 0.482. The summed E-state index contributed by atoms with van der Waals surface area (Å²) in [6.45, 7) is 2.03. The number of anilines is 2. The van der Waals surface area contributed by atoms with Crippen LogP contribution in [0.2, 0.25) is 0 Å². The molecule has 1 aromatic heterocycles. The predicted molar refractivity (Wildman–Crippen MR) is 77.9 cm³/mol. The maximum absolute atomic E-state index is 11.9. The van der Waals surface area contributed by atoms with Crippen molar-refractivity contribution in [3.63, 3.8) is 0 Å². The van der Waals surface area contributed by atoms with Crippen LogP contribution in [0.15, 0.2) is 11.2 Å². The Morgan fingerprint density at radius 1 is 1.50 bits per heavy atom. The highest BCUT2D eigenvalue weighted by atomic mass is 32.2. The Morgan fingerprint density at radius 3 is 2.85 bits per heavy atom. The van der Waals surface area contributed by atoms with Gasteiger partial charge < -0.3 is 10.2 Å². The zero-order chi connectivity index (χ0) is 14.7. The second-order valence-electron chi connectivity index (χ2n) is 4.31. The van der Waals surface area contributed by atoms with E-state index in [1.807, 2.05) is 13.2 Å². The smallest absolute Gasteiger partial charge is 0.249 e. The van der Waals surface area contributed by atoms with Crippen molar-refractivity contribution in [1.29, 1.82) is 0 Å². The normalized spacial score (nSPS) is 18.9. The Labute approximate surface area is 121 Å². The van der Waals surface area contributed by atoms with Gasteiger partial charge in [-0.1, -0.05) is 18.7 Å². The van der Waals surface area contributed by atoms with Crippen LogP contribution in [-0.4, -0.2) is 47.7 Å². The minimum Gasteiger partial charge on any atom is -0.373 e. The molecule has 8 heteroatoms. The van der Waals surface area contributed by atoms with E-state index in [0.29, 0.717) is 23.2 Å². The Bertz CT molecular complexity index is 514. The van der Waals surface area contributed by atoms with Crippen LogP contribution < -0.4 is 15.5 Å². The van der Waals surface area contributed by atoms with Crippen molar-refractivity contribution >= 4 is 35.2 Å². The lowest BCUT2D eigenvalue weighted by Gasteiger charge is -2.34. The minimum absolute atomic E-state index is 0.123. The second-order valence-corrected chi connectivity index (χ2v) is 5.09. The number of hydrogen-bond acceptors (Lipinski definition) is 7. The highest BCUT2D eigenvalue weighted by molar-refractivity contribution is 7.98. The Balaban J connectivity index is 2.41. The van der Waals surface area contributed by atoms with Gasteiger partial charge in [0.05, 0.1) is 6.54 Å². The third-order valence-electron chi connectivity index (χ3n) is 3.07. The molecule has 1 aliphatic rings. The van der Waals surface area contributed by atoms with Gasteiger partial charge in [-0.25, -0.2) is 9.97 Å². The van der Waals surface area contributed by atoms with Crippen molar-refractivity contribution < 1.29 is 9.59 Å². The van der Waals surface area contributed by atoms with Crippen LogP contribution in [0, 0.1) is 0 Å². The second kappa shape index (κ2) is 6.08. The van der Waals surface area contributed by atoms with E-state index in [9.17, 15) is 9.59 Å². The standard InChI is InChI=1S/C12H17N5O2S/c1-4-7-11(19)16-10(18)6-17(7)9-5-8(13-2)14-12(15-9)20-3/h5,7H,4,6H2,1-3H3,(H,13,14,15)(H,16,18,19). The molecule has 2 heterocycles. The number of nitrogens with one attached hydrogen (secondary N) is 2. The summed E-state index contributed by atoms with van der Waals surface area (Å²) in [5.41, 5.74) is 0.